The Balaban J connectivity index is 2.62. The highest BCUT2D eigenvalue weighted by molar-refractivity contribution is 7.89. The van der Waals surface area contributed by atoms with Crippen LogP contribution >= 0.6 is 0 Å². The van der Waals surface area contributed by atoms with Gasteiger partial charge in [0, 0.05) is 23.2 Å². The second-order valence-corrected chi connectivity index (χ2v) is 10.1. The van der Waals surface area contributed by atoms with Gasteiger partial charge in [-0.25, -0.2) is 22.6 Å². The largest absolute Gasteiger partial charge is 0.476 e. The van der Waals surface area contributed by atoms with Crippen molar-refractivity contribution in [1.82, 2.24) is 14.5 Å². The summed E-state index contributed by atoms with van der Waals surface area (Å²) in [5.74, 6) is -1.58. The van der Waals surface area contributed by atoms with E-state index in [2.05, 4.69) is 15.1 Å². The van der Waals surface area contributed by atoms with E-state index in [1.54, 1.807) is 41.5 Å². The van der Waals surface area contributed by atoms with Gasteiger partial charge in [0.2, 0.25) is 21.8 Å². The predicted octanol–water partition coefficient (Wildman–Crippen LogP) is 3.93. The first kappa shape index (κ1) is 26.3. The molecule has 1 heterocycles. The molecule has 0 radical (unpaired) electrons. The Labute approximate surface area is 194 Å². The van der Waals surface area contributed by atoms with Gasteiger partial charge in [0.05, 0.1) is 6.04 Å². The fraction of sp³-hybridized carbons (Fsp3) is 0.500. The lowest BCUT2D eigenvalue weighted by molar-refractivity contribution is -0.119. The third-order valence-electron chi connectivity index (χ3n) is 4.94. The van der Waals surface area contributed by atoms with E-state index in [4.69, 9.17) is 4.74 Å². The smallest absolute Gasteiger partial charge is 0.356 e. The lowest BCUT2D eigenvalue weighted by Crippen LogP contribution is -2.30. The molecule has 33 heavy (non-hydrogen) atoms. The number of benzene rings is 1. The van der Waals surface area contributed by atoms with Crippen LogP contribution in [0.3, 0.4) is 0 Å². The molecule has 0 saturated heterocycles. The Kier molecular flexibility index (Phi) is 8.25. The average molecular weight is 481 g/mol. The van der Waals surface area contributed by atoms with Gasteiger partial charge in [-0.05, 0) is 59.2 Å². The van der Waals surface area contributed by atoms with Crippen molar-refractivity contribution >= 4 is 27.6 Å². The summed E-state index contributed by atoms with van der Waals surface area (Å²) in [6, 6.07) is 3.66. The minimum atomic E-state index is -4.02. The standard InChI is InChI=1S/C22H32N4O6S/c1-8-14(6)20(27)23-16-9-10-17(18(11-16)33(30,31)25-12(2)3)32-21-15(7)19(22(28)29)24-26(21)13(4)5/h9-14,25H,8H2,1-7H3,(H,23,27)(H,28,29). The summed E-state index contributed by atoms with van der Waals surface area (Å²) in [4.78, 5) is 23.7. The van der Waals surface area contributed by atoms with Gasteiger partial charge >= 0.3 is 5.97 Å². The van der Waals surface area contributed by atoms with Gasteiger partial charge in [-0.15, -0.1) is 0 Å². The van der Waals surface area contributed by atoms with Crippen LogP contribution in [-0.2, 0) is 14.8 Å². The maximum absolute atomic E-state index is 13.1. The number of hydrogen-bond donors (Lipinski definition) is 3. The van der Waals surface area contributed by atoms with Crippen molar-refractivity contribution in [3.05, 3.63) is 29.5 Å². The summed E-state index contributed by atoms with van der Waals surface area (Å²) >= 11 is 0. The van der Waals surface area contributed by atoms with E-state index in [-0.39, 0.29) is 51.7 Å². The van der Waals surface area contributed by atoms with Crippen molar-refractivity contribution < 1.29 is 27.9 Å². The van der Waals surface area contributed by atoms with E-state index >= 15 is 0 Å². The molecule has 2 rings (SSSR count). The van der Waals surface area contributed by atoms with Gasteiger partial charge in [0.1, 0.15) is 10.6 Å². The highest BCUT2D eigenvalue weighted by Gasteiger charge is 2.27. The highest BCUT2D eigenvalue weighted by atomic mass is 32.2. The number of nitrogens with zero attached hydrogens (tertiary/aromatic N) is 2. The second kappa shape index (κ2) is 10.3. The number of aromatic nitrogens is 2. The van der Waals surface area contributed by atoms with Gasteiger partial charge < -0.3 is 15.2 Å². The predicted molar refractivity (Wildman–Crippen MR) is 124 cm³/mol. The van der Waals surface area contributed by atoms with Crippen LogP contribution in [0.1, 0.15) is 70.1 Å². The Morgan fingerprint density at radius 2 is 1.82 bits per heavy atom. The first-order valence-electron chi connectivity index (χ1n) is 10.8. The molecule has 0 bridgehead atoms. The molecule has 0 saturated carbocycles. The molecule has 0 aliphatic rings. The third kappa shape index (κ3) is 6.11. The minimum absolute atomic E-state index is 0.0217. The maximum Gasteiger partial charge on any atom is 0.356 e. The molecule has 182 valence electrons. The fourth-order valence-corrected chi connectivity index (χ4v) is 4.39. The Morgan fingerprint density at radius 1 is 1.18 bits per heavy atom. The average Bonchev–Trinajstić information content (AvgIpc) is 3.04. The summed E-state index contributed by atoms with van der Waals surface area (Å²) in [5, 5.41) is 16.3. The molecule has 1 unspecified atom stereocenters. The molecule has 11 heteroatoms. The van der Waals surface area contributed by atoms with Gasteiger partial charge in [-0.1, -0.05) is 13.8 Å². The number of anilines is 1. The van der Waals surface area contributed by atoms with E-state index < -0.39 is 16.0 Å². The summed E-state index contributed by atoms with van der Waals surface area (Å²) in [7, 11) is -4.02. The second-order valence-electron chi connectivity index (χ2n) is 8.46. The topological polar surface area (TPSA) is 140 Å². The van der Waals surface area contributed by atoms with E-state index in [1.807, 2.05) is 6.92 Å². The van der Waals surface area contributed by atoms with Crippen molar-refractivity contribution in [2.75, 3.05) is 5.32 Å². The Hall–Kier alpha value is -2.92. The van der Waals surface area contributed by atoms with Crippen LogP contribution in [0.15, 0.2) is 23.1 Å². The van der Waals surface area contributed by atoms with Crippen molar-refractivity contribution in [3.63, 3.8) is 0 Å². The van der Waals surface area contributed by atoms with Crippen molar-refractivity contribution in [3.8, 4) is 11.6 Å². The highest BCUT2D eigenvalue weighted by Crippen LogP contribution is 2.35. The van der Waals surface area contributed by atoms with E-state index in [1.165, 1.54) is 22.9 Å². The molecule has 1 amide bonds. The lowest BCUT2D eigenvalue weighted by Gasteiger charge is -2.18. The molecule has 0 spiro atoms. The number of hydrogen-bond acceptors (Lipinski definition) is 6. The van der Waals surface area contributed by atoms with Crippen LogP contribution in [-0.4, -0.2) is 41.2 Å². The zero-order chi connectivity index (χ0) is 25.1. The number of carboxylic acids is 1. The summed E-state index contributed by atoms with van der Waals surface area (Å²) < 4.78 is 36.0. The first-order valence-corrected chi connectivity index (χ1v) is 12.2. The van der Waals surface area contributed by atoms with Gasteiger partial charge in [-0.3, -0.25) is 4.79 Å². The van der Waals surface area contributed by atoms with Crippen LogP contribution in [0.2, 0.25) is 0 Å². The van der Waals surface area contributed by atoms with E-state index in [0.717, 1.165) is 0 Å². The normalized spacial score (nSPS) is 12.8. The zero-order valence-electron chi connectivity index (χ0n) is 20.0. The van der Waals surface area contributed by atoms with E-state index in [9.17, 15) is 23.1 Å². The number of amides is 1. The number of carboxylic acid groups (broad SMARTS) is 1. The third-order valence-corrected chi connectivity index (χ3v) is 6.62. The van der Waals surface area contributed by atoms with Crippen molar-refractivity contribution in [2.24, 2.45) is 5.92 Å². The zero-order valence-corrected chi connectivity index (χ0v) is 20.8. The molecule has 3 N–H and O–H groups in total. The van der Waals surface area contributed by atoms with Gasteiger partial charge in [0.15, 0.2) is 5.69 Å². The number of carbonyl (C=O) groups excluding carboxylic acids is 1. The summed E-state index contributed by atoms with van der Waals surface area (Å²) in [5.41, 5.74) is 0.392. The molecule has 2 aromatic rings. The molecule has 1 atom stereocenters. The van der Waals surface area contributed by atoms with Crippen LogP contribution in [0, 0.1) is 12.8 Å². The first-order chi connectivity index (χ1) is 15.3. The van der Waals surface area contributed by atoms with Crippen LogP contribution in [0.4, 0.5) is 5.69 Å². The van der Waals surface area contributed by atoms with Crippen molar-refractivity contribution in [1.29, 1.82) is 0 Å². The summed E-state index contributed by atoms with van der Waals surface area (Å²) in [6.45, 7) is 12.2. The van der Waals surface area contributed by atoms with Crippen molar-refractivity contribution in [2.45, 2.75) is 71.9 Å². The SMILES string of the molecule is CCC(C)C(=O)Nc1ccc(Oc2c(C)c(C(=O)O)nn2C(C)C)c(S(=O)(=O)NC(C)C)c1. The number of carbonyl (C=O) groups is 2. The molecule has 0 fully saturated rings. The Morgan fingerprint density at radius 3 is 2.33 bits per heavy atom. The number of nitrogens with one attached hydrogen (secondary N) is 2. The molecular weight excluding hydrogens is 448 g/mol. The molecule has 0 aliphatic heterocycles. The van der Waals surface area contributed by atoms with Crippen LogP contribution < -0.4 is 14.8 Å². The molecule has 1 aromatic heterocycles. The number of rotatable bonds is 10. The monoisotopic (exact) mass is 480 g/mol. The quantitative estimate of drug-likeness (QED) is 0.468. The molecule has 10 nitrogen and oxygen atoms in total. The molecule has 0 aliphatic carbocycles. The summed E-state index contributed by atoms with van der Waals surface area (Å²) in [6.07, 6.45) is 0.636. The minimum Gasteiger partial charge on any atom is -0.476 e. The lowest BCUT2D eigenvalue weighted by atomic mass is 10.1. The number of ether oxygens (including phenoxy) is 1. The number of aromatic carboxylic acids is 1. The fourth-order valence-electron chi connectivity index (χ4n) is 2.99. The Bertz CT molecular complexity index is 1140. The molecular formula is C22H32N4O6S. The van der Waals surface area contributed by atoms with Gasteiger partial charge in [0.25, 0.3) is 0 Å². The maximum atomic E-state index is 13.1. The van der Waals surface area contributed by atoms with E-state index in [0.29, 0.717) is 12.1 Å². The number of sulfonamides is 1. The van der Waals surface area contributed by atoms with Gasteiger partial charge in [-0.2, -0.15) is 5.10 Å². The van der Waals surface area contributed by atoms with Crippen LogP contribution in [0.25, 0.3) is 0 Å². The molecule has 1 aromatic carbocycles. The van der Waals surface area contributed by atoms with Crippen LogP contribution in [0.5, 0.6) is 11.6 Å².